The quantitative estimate of drug-likeness (QED) is 0.909. The fourth-order valence-electron chi connectivity index (χ4n) is 3.09. The van der Waals surface area contributed by atoms with Crippen molar-refractivity contribution in [2.24, 2.45) is 5.92 Å². The zero-order valence-electron chi connectivity index (χ0n) is 14.4. The van der Waals surface area contributed by atoms with E-state index < -0.39 is 0 Å². The number of ether oxygens (including phenoxy) is 1. The van der Waals surface area contributed by atoms with Crippen LogP contribution < -0.4 is 15.0 Å². The molecular weight excluding hydrogens is 318 g/mol. The lowest BCUT2D eigenvalue weighted by molar-refractivity contribution is -0.122. The van der Waals surface area contributed by atoms with Crippen LogP contribution in [0, 0.1) is 5.92 Å². The van der Waals surface area contributed by atoms with Crippen molar-refractivity contribution in [3.63, 3.8) is 0 Å². The van der Waals surface area contributed by atoms with E-state index in [9.17, 15) is 9.59 Å². The molecule has 6 nitrogen and oxygen atoms in total. The third kappa shape index (κ3) is 3.79. The summed E-state index contributed by atoms with van der Waals surface area (Å²) in [6.45, 7) is 2.07. The molecule has 1 atom stereocenters. The summed E-state index contributed by atoms with van der Waals surface area (Å²) in [4.78, 5) is 30.1. The van der Waals surface area contributed by atoms with Crippen molar-refractivity contribution in [1.29, 1.82) is 0 Å². The molecule has 0 saturated carbocycles. The van der Waals surface area contributed by atoms with E-state index in [1.165, 1.54) is 4.90 Å². The molecule has 0 saturated heterocycles. The smallest absolute Gasteiger partial charge is 0.244 e. The second-order valence-electron chi connectivity index (χ2n) is 6.25. The molecule has 1 aliphatic heterocycles. The van der Waals surface area contributed by atoms with Crippen molar-refractivity contribution in [3.05, 3.63) is 48.3 Å². The largest absolute Gasteiger partial charge is 0.496 e. The number of hydrogen-bond acceptors (Lipinski definition) is 4. The van der Waals surface area contributed by atoms with Gasteiger partial charge in [-0.05, 0) is 30.0 Å². The van der Waals surface area contributed by atoms with Crippen LogP contribution in [0.4, 0.5) is 11.4 Å². The van der Waals surface area contributed by atoms with Gasteiger partial charge in [-0.25, -0.2) is 0 Å². The average Bonchev–Trinajstić information content (AvgIpc) is 2.61. The fourth-order valence-corrected chi connectivity index (χ4v) is 3.09. The zero-order chi connectivity index (χ0) is 17.8. The fraction of sp³-hybridized carbons (Fsp3) is 0.316. The van der Waals surface area contributed by atoms with Gasteiger partial charge >= 0.3 is 0 Å². The van der Waals surface area contributed by atoms with Gasteiger partial charge in [-0.15, -0.1) is 0 Å². The van der Waals surface area contributed by atoms with E-state index in [1.54, 1.807) is 25.6 Å². The lowest BCUT2D eigenvalue weighted by atomic mass is 9.96. The highest BCUT2D eigenvalue weighted by atomic mass is 16.5. The number of fused-ring (bicyclic) bond motifs is 1. The Morgan fingerprint density at radius 3 is 2.96 bits per heavy atom. The number of hydrogen-bond donors (Lipinski definition) is 1. The molecule has 1 N–H and O–H groups in total. The number of benzene rings is 1. The molecule has 1 unspecified atom stereocenters. The third-order valence-corrected chi connectivity index (χ3v) is 4.25. The van der Waals surface area contributed by atoms with Gasteiger partial charge in [0.25, 0.3) is 0 Å². The van der Waals surface area contributed by atoms with Gasteiger partial charge in [0.2, 0.25) is 11.8 Å². The molecule has 6 heteroatoms. The number of carbonyl (C=O) groups excluding carboxylic acids is 2. The van der Waals surface area contributed by atoms with Gasteiger partial charge in [0, 0.05) is 12.6 Å². The predicted molar refractivity (Wildman–Crippen MR) is 95.7 cm³/mol. The lowest BCUT2D eigenvalue weighted by Gasteiger charge is -2.29. The van der Waals surface area contributed by atoms with Gasteiger partial charge in [0.1, 0.15) is 12.3 Å². The van der Waals surface area contributed by atoms with Crippen LogP contribution in [0.5, 0.6) is 5.75 Å². The number of methoxy groups -OCH3 is 1. The monoisotopic (exact) mass is 339 g/mol. The maximum atomic E-state index is 12.8. The predicted octanol–water partition coefficient (Wildman–Crippen LogP) is 2.64. The summed E-state index contributed by atoms with van der Waals surface area (Å²) in [5.74, 6) is 0.686. The van der Waals surface area contributed by atoms with E-state index in [1.807, 2.05) is 31.2 Å². The van der Waals surface area contributed by atoms with E-state index in [-0.39, 0.29) is 24.3 Å². The van der Waals surface area contributed by atoms with Crippen molar-refractivity contribution >= 4 is 23.2 Å². The number of nitrogens with one attached hydrogen (secondary N) is 1. The Labute approximate surface area is 146 Å². The first-order chi connectivity index (χ1) is 12.1. The minimum Gasteiger partial charge on any atom is -0.496 e. The van der Waals surface area contributed by atoms with Crippen molar-refractivity contribution in [3.8, 4) is 5.75 Å². The second kappa shape index (κ2) is 7.34. The summed E-state index contributed by atoms with van der Waals surface area (Å²) >= 11 is 0. The van der Waals surface area contributed by atoms with E-state index >= 15 is 0 Å². The summed E-state index contributed by atoms with van der Waals surface area (Å²) in [7, 11) is 1.64. The van der Waals surface area contributed by atoms with Gasteiger partial charge in [-0.2, -0.15) is 0 Å². The topological polar surface area (TPSA) is 71.5 Å². The van der Waals surface area contributed by atoms with Crippen molar-refractivity contribution in [1.82, 2.24) is 4.98 Å². The maximum absolute atomic E-state index is 12.8. The molecule has 0 aliphatic carbocycles. The summed E-state index contributed by atoms with van der Waals surface area (Å²) in [5.41, 5.74) is 2.35. The Kier molecular flexibility index (Phi) is 4.97. The molecule has 0 fully saturated rings. The molecule has 1 aromatic carbocycles. The van der Waals surface area contributed by atoms with Gasteiger partial charge in [-0.1, -0.05) is 25.1 Å². The molecule has 2 aromatic rings. The van der Waals surface area contributed by atoms with Crippen LogP contribution in [-0.2, 0) is 16.0 Å². The van der Waals surface area contributed by atoms with Gasteiger partial charge in [0.05, 0.1) is 24.7 Å². The standard InChI is InChI=1S/C19H21N3O3/c1-13(9-14-5-3-4-6-17(14)25-2)10-19(24)22-12-18(23)21-15-11-20-8-7-16(15)22/h3-8,11,13H,9-10,12H2,1-2H3,(H,21,23). The molecular formula is C19H21N3O3. The molecule has 130 valence electrons. The van der Waals surface area contributed by atoms with Gasteiger partial charge in [0.15, 0.2) is 0 Å². The first kappa shape index (κ1) is 17.0. The van der Waals surface area contributed by atoms with E-state index in [2.05, 4.69) is 10.3 Å². The van der Waals surface area contributed by atoms with Crippen LogP contribution in [0.1, 0.15) is 18.9 Å². The SMILES string of the molecule is COc1ccccc1CC(C)CC(=O)N1CC(=O)Nc2cnccc21. The summed E-state index contributed by atoms with van der Waals surface area (Å²) in [6.07, 6.45) is 4.27. The highest BCUT2D eigenvalue weighted by molar-refractivity contribution is 6.09. The van der Waals surface area contributed by atoms with Gasteiger partial charge in [-0.3, -0.25) is 14.6 Å². The highest BCUT2D eigenvalue weighted by Gasteiger charge is 2.27. The molecule has 1 aliphatic rings. The molecule has 25 heavy (non-hydrogen) atoms. The first-order valence-corrected chi connectivity index (χ1v) is 8.24. The van der Waals surface area contributed by atoms with Crippen LogP contribution >= 0.6 is 0 Å². The molecule has 2 amide bonds. The minimum absolute atomic E-state index is 0.0389. The Bertz CT molecular complexity index is 791. The number of rotatable bonds is 5. The second-order valence-corrected chi connectivity index (χ2v) is 6.25. The number of anilines is 2. The molecule has 0 bridgehead atoms. The van der Waals surface area contributed by atoms with E-state index in [0.717, 1.165) is 17.7 Å². The number of carbonyl (C=O) groups is 2. The Morgan fingerprint density at radius 2 is 2.16 bits per heavy atom. The Balaban J connectivity index is 1.71. The van der Waals surface area contributed by atoms with E-state index in [0.29, 0.717) is 17.8 Å². The summed E-state index contributed by atoms with van der Waals surface area (Å²) in [5, 5.41) is 2.74. The minimum atomic E-state index is -0.203. The number of para-hydroxylation sites is 1. The van der Waals surface area contributed by atoms with Crippen LogP contribution in [0.25, 0.3) is 0 Å². The van der Waals surface area contributed by atoms with Crippen LogP contribution in [0.3, 0.4) is 0 Å². The van der Waals surface area contributed by atoms with Crippen molar-refractivity contribution in [2.75, 3.05) is 23.9 Å². The van der Waals surface area contributed by atoms with Crippen LogP contribution in [0.15, 0.2) is 42.7 Å². The zero-order valence-corrected chi connectivity index (χ0v) is 14.4. The third-order valence-electron chi connectivity index (χ3n) is 4.25. The van der Waals surface area contributed by atoms with E-state index in [4.69, 9.17) is 4.74 Å². The first-order valence-electron chi connectivity index (χ1n) is 8.24. The number of pyridine rings is 1. The number of nitrogens with zero attached hydrogens (tertiary/aromatic N) is 2. The highest BCUT2D eigenvalue weighted by Crippen LogP contribution is 2.29. The Morgan fingerprint density at radius 1 is 1.36 bits per heavy atom. The van der Waals surface area contributed by atoms with Gasteiger partial charge < -0.3 is 15.0 Å². The molecule has 3 rings (SSSR count). The normalized spacial score (nSPS) is 14.5. The number of aromatic nitrogens is 1. The summed E-state index contributed by atoms with van der Waals surface area (Å²) in [6, 6.07) is 9.56. The maximum Gasteiger partial charge on any atom is 0.244 e. The van der Waals surface area contributed by atoms with Crippen LogP contribution in [-0.4, -0.2) is 30.5 Å². The average molecular weight is 339 g/mol. The van der Waals surface area contributed by atoms with Crippen molar-refractivity contribution in [2.45, 2.75) is 19.8 Å². The molecule has 0 radical (unpaired) electrons. The molecule has 1 aromatic heterocycles. The molecule has 0 spiro atoms. The number of amides is 2. The van der Waals surface area contributed by atoms with Crippen LogP contribution in [0.2, 0.25) is 0 Å². The summed E-state index contributed by atoms with van der Waals surface area (Å²) < 4.78 is 5.37. The molecule has 2 heterocycles. The Hall–Kier alpha value is -2.89. The lowest BCUT2D eigenvalue weighted by Crippen LogP contribution is -2.42. The van der Waals surface area contributed by atoms with Crippen molar-refractivity contribution < 1.29 is 14.3 Å².